The molecular formula is C13H26N2O. The predicted molar refractivity (Wildman–Crippen MR) is 67.3 cm³/mol. The van der Waals surface area contributed by atoms with E-state index in [4.69, 9.17) is 0 Å². The van der Waals surface area contributed by atoms with Crippen molar-refractivity contribution < 1.29 is 4.79 Å². The van der Waals surface area contributed by atoms with E-state index < -0.39 is 0 Å². The third-order valence-electron chi connectivity index (χ3n) is 3.88. The molecule has 0 spiro atoms. The molecule has 1 fully saturated rings. The molecule has 0 aromatic heterocycles. The van der Waals surface area contributed by atoms with E-state index in [1.165, 1.54) is 0 Å². The Balaban J connectivity index is 2.51. The minimum absolute atomic E-state index is 0.184. The van der Waals surface area contributed by atoms with Gasteiger partial charge in [-0.15, -0.1) is 0 Å². The number of carbonyl (C=O) groups excluding carboxylic acids is 1. The summed E-state index contributed by atoms with van der Waals surface area (Å²) in [6, 6.07) is 1.23. The highest BCUT2D eigenvalue weighted by Gasteiger charge is 2.31. The molecule has 1 rings (SSSR count). The van der Waals surface area contributed by atoms with Gasteiger partial charge in [-0.25, -0.2) is 0 Å². The van der Waals surface area contributed by atoms with Gasteiger partial charge in [-0.3, -0.25) is 4.79 Å². The molecule has 0 saturated carbocycles. The number of nitrogens with one attached hydrogen (secondary N) is 2. The largest absolute Gasteiger partial charge is 0.351 e. The standard InChI is InChI=1S/C13H26N2O/c1-6-13(4,5)12(16)15-11-8-7-9(2)14-10(11)3/h9-11,14H,6-8H2,1-5H3,(H,15,16). The van der Waals surface area contributed by atoms with Crippen LogP contribution in [-0.2, 0) is 4.79 Å². The van der Waals surface area contributed by atoms with Gasteiger partial charge in [0.2, 0.25) is 5.91 Å². The van der Waals surface area contributed by atoms with Crippen LogP contribution >= 0.6 is 0 Å². The molecule has 1 aliphatic rings. The Morgan fingerprint density at radius 1 is 1.38 bits per heavy atom. The van der Waals surface area contributed by atoms with Gasteiger partial charge in [0.1, 0.15) is 0 Å². The number of rotatable bonds is 3. The molecular weight excluding hydrogens is 200 g/mol. The van der Waals surface area contributed by atoms with Crippen molar-refractivity contribution in [3.8, 4) is 0 Å². The zero-order chi connectivity index (χ0) is 12.3. The van der Waals surface area contributed by atoms with Crippen LogP contribution < -0.4 is 10.6 Å². The summed E-state index contributed by atoms with van der Waals surface area (Å²) in [7, 11) is 0. The van der Waals surface area contributed by atoms with E-state index in [1.807, 2.05) is 13.8 Å². The van der Waals surface area contributed by atoms with Crippen molar-refractivity contribution in [3.63, 3.8) is 0 Å². The van der Waals surface area contributed by atoms with Gasteiger partial charge in [-0.1, -0.05) is 20.8 Å². The van der Waals surface area contributed by atoms with Gasteiger partial charge < -0.3 is 10.6 Å². The molecule has 0 aromatic rings. The number of hydrogen-bond donors (Lipinski definition) is 2. The molecule has 1 aliphatic heterocycles. The highest BCUT2D eigenvalue weighted by molar-refractivity contribution is 5.82. The van der Waals surface area contributed by atoms with Gasteiger partial charge >= 0.3 is 0 Å². The minimum atomic E-state index is -0.247. The highest BCUT2D eigenvalue weighted by Crippen LogP contribution is 2.21. The first-order valence-corrected chi connectivity index (χ1v) is 6.44. The molecule has 3 unspecified atom stereocenters. The fourth-order valence-corrected chi connectivity index (χ4v) is 2.05. The van der Waals surface area contributed by atoms with Crippen molar-refractivity contribution in [1.29, 1.82) is 0 Å². The first kappa shape index (κ1) is 13.5. The number of amides is 1. The lowest BCUT2D eigenvalue weighted by atomic mass is 9.87. The van der Waals surface area contributed by atoms with Crippen LogP contribution in [0.3, 0.4) is 0 Å². The third kappa shape index (κ3) is 3.21. The molecule has 16 heavy (non-hydrogen) atoms. The van der Waals surface area contributed by atoms with Crippen LogP contribution in [0.4, 0.5) is 0 Å². The Labute approximate surface area is 99.4 Å². The molecule has 0 aromatic carbocycles. The van der Waals surface area contributed by atoms with Crippen LogP contribution in [0.15, 0.2) is 0 Å². The van der Waals surface area contributed by atoms with E-state index in [-0.39, 0.29) is 17.4 Å². The third-order valence-corrected chi connectivity index (χ3v) is 3.88. The second kappa shape index (κ2) is 5.17. The Morgan fingerprint density at radius 3 is 2.50 bits per heavy atom. The van der Waals surface area contributed by atoms with Gasteiger partial charge in [0.25, 0.3) is 0 Å². The van der Waals surface area contributed by atoms with E-state index in [2.05, 4.69) is 31.4 Å². The molecule has 94 valence electrons. The molecule has 3 atom stereocenters. The second-order valence-corrected chi connectivity index (χ2v) is 5.75. The maximum Gasteiger partial charge on any atom is 0.225 e. The molecule has 1 heterocycles. The molecule has 3 heteroatoms. The lowest BCUT2D eigenvalue weighted by Gasteiger charge is -2.36. The minimum Gasteiger partial charge on any atom is -0.351 e. The van der Waals surface area contributed by atoms with Crippen LogP contribution in [-0.4, -0.2) is 24.0 Å². The quantitative estimate of drug-likeness (QED) is 0.773. The smallest absolute Gasteiger partial charge is 0.225 e. The molecule has 2 N–H and O–H groups in total. The SMILES string of the molecule is CCC(C)(C)C(=O)NC1CCC(C)NC1C. The van der Waals surface area contributed by atoms with Crippen molar-refractivity contribution in [1.82, 2.24) is 10.6 Å². The number of hydrogen-bond acceptors (Lipinski definition) is 2. The van der Waals surface area contributed by atoms with Gasteiger partial charge in [-0.05, 0) is 33.1 Å². The fourth-order valence-electron chi connectivity index (χ4n) is 2.05. The molecule has 3 nitrogen and oxygen atoms in total. The summed E-state index contributed by atoms with van der Waals surface area (Å²) < 4.78 is 0. The summed E-state index contributed by atoms with van der Waals surface area (Å²) in [5, 5.41) is 6.67. The number of piperidine rings is 1. The van der Waals surface area contributed by atoms with Crippen LogP contribution in [0.1, 0.15) is 53.9 Å². The Hall–Kier alpha value is -0.570. The van der Waals surface area contributed by atoms with Crippen molar-refractivity contribution in [2.45, 2.75) is 72.0 Å². The molecule has 0 bridgehead atoms. The fraction of sp³-hybridized carbons (Fsp3) is 0.923. The zero-order valence-corrected chi connectivity index (χ0v) is 11.3. The highest BCUT2D eigenvalue weighted by atomic mass is 16.2. The molecule has 0 aliphatic carbocycles. The molecule has 1 saturated heterocycles. The summed E-state index contributed by atoms with van der Waals surface area (Å²) in [5.74, 6) is 0.184. The van der Waals surface area contributed by atoms with Gasteiger partial charge in [0.05, 0.1) is 0 Å². The van der Waals surface area contributed by atoms with Crippen molar-refractivity contribution in [3.05, 3.63) is 0 Å². The van der Waals surface area contributed by atoms with E-state index >= 15 is 0 Å². The maximum atomic E-state index is 12.1. The number of carbonyl (C=O) groups is 1. The van der Waals surface area contributed by atoms with Crippen LogP contribution in [0.2, 0.25) is 0 Å². The average Bonchev–Trinajstić information content (AvgIpc) is 2.22. The average molecular weight is 226 g/mol. The first-order valence-electron chi connectivity index (χ1n) is 6.44. The zero-order valence-electron chi connectivity index (χ0n) is 11.3. The van der Waals surface area contributed by atoms with Crippen LogP contribution in [0.5, 0.6) is 0 Å². The monoisotopic (exact) mass is 226 g/mol. The van der Waals surface area contributed by atoms with Crippen molar-refractivity contribution in [2.24, 2.45) is 5.41 Å². The van der Waals surface area contributed by atoms with E-state index in [0.29, 0.717) is 12.1 Å². The van der Waals surface area contributed by atoms with E-state index in [9.17, 15) is 4.79 Å². The van der Waals surface area contributed by atoms with E-state index in [0.717, 1.165) is 19.3 Å². The van der Waals surface area contributed by atoms with Crippen molar-refractivity contribution >= 4 is 5.91 Å². The summed E-state index contributed by atoms with van der Waals surface area (Å²) in [6.45, 7) is 10.4. The molecule has 1 amide bonds. The van der Waals surface area contributed by atoms with Gasteiger partial charge in [-0.2, -0.15) is 0 Å². The Morgan fingerprint density at radius 2 is 2.00 bits per heavy atom. The summed E-state index contributed by atoms with van der Waals surface area (Å²) in [6.07, 6.45) is 3.10. The normalized spacial score (nSPS) is 31.2. The maximum absolute atomic E-state index is 12.1. The van der Waals surface area contributed by atoms with Crippen molar-refractivity contribution in [2.75, 3.05) is 0 Å². The lowest BCUT2D eigenvalue weighted by molar-refractivity contribution is -0.130. The predicted octanol–water partition coefficient (Wildman–Crippen LogP) is 2.07. The van der Waals surface area contributed by atoms with Gasteiger partial charge in [0, 0.05) is 23.5 Å². The summed E-state index contributed by atoms with van der Waals surface area (Å²) in [4.78, 5) is 12.1. The Kier molecular flexibility index (Phi) is 4.36. The second-order valence-electron chi connectivity index (χ2n) is 5.75. The summed E-state index contributed by atoms with van der Waals surface area (Å²) >= 11 is 0. The molecule has 0 radical (unpaired) electrons. The lowest BCUT2D eigenvalue weighted by Crippen LogP contribution is -2.56. The van der Waals surface area contributed by atoms with E-state index in [1.54, 1.807) is 0 Å². The topological polar surface area (TPSA) is 41.1 Å². The van der Waals surface area contributed by atoms with Crippen LogP contribution in [0, 0.1) is 5.41 Å². The Bertz CT molecular complexity index is 250. The van der Waals surface area contributed by atoms with Gasteiger partial charge in [0.15, 0.2) is 0 Å². The summed E-state index contributed by atoms with van der Waals surface area (Å²) in [5.41, 5.74) is -0.247. The first-order chi connectivity index (χ1) is 7.36. The van der Waals surface area contributed by atoms with Crippen LogP contribution in [0.25, 0.3) is 0 Å².